The SMILES string of the molecule is Cc1cc(/C=N/NC(=O)CSc2ccc(Cl)cc2)c(C)[nH]1. The second-order valence-electron chi connectivity index (χ2n) is 4.57. The van der Waals surface area contributed by atoms with Gasteiger partial charge in [-0.1, -0.05) is 11.6 Å². The molecular formula is C15H16ClN3OS. The van der Waals surface area contributed by atoms with Crippen molar-refractivity contribution in [3.05, 3.63) is 52.3 Å². The van der Waals surface area contributed by atoms with Gasteiger partial charge in [0.05, 0.1) is 12.0 Å². The summed E-state index contributed by atoms with van der Waals surface area (Å²) in [6.45, 7) is 3.94. The van der Waals surface area contributed by atoms with Crippen molar-refractivity contribution in [1.29, 1.82) is 0 Å². The molecule has 110 valence electrons. The van der Waals surface area contributed by atoms with E-state index in [4.69, 9.17) is 11.6 Å². The van der Waals surface area contributed by atoms with Gasteiger partial charge in [-0.05, 0) is 44.2 Å². The lowest BCUT2D eigenvalue weighted by Crippen LogP contribution is -2.19. The van der Waals surface area contributed by atoms with E-state index in [9.17, 15) is 4.79 Å². The van der Waals surface area contributed by atoms with Gasteiger partial charge in [-0.25, -0.2) is 5.43 Å². The molecule has 0 radical (unpaired) electrons. The molecule has 0 fully saturated rings. The van der Waals surface area contributed by atoms with Crippen LogP contribution in [0.2, 0.25) is 5.02 Å². The van der Waals surface area contributed by atoms with Gasteiger partial charge in [0.25, 0.3) is 0 Å². The highest BCUT2D eigenvalue weighted by Crippen LogP contribution is 2.19. The number of hydrogen-bond acceptors (Lipinski definition) is 3. The van der Waals surface area contributed by atoms with Crippen molar-refractivity contribution in [2.45, 2.75) is 18.7 Å². The number of amides is 1. The topological polar surface area (TPSA) is 57.2 Å². The minimum absolute atomic E-state index is 0.142. The van der Waals surface area contributed by atoms with Gasteiger partial charge >= 0.3 is 0 Å². The van der Waals surface area contributed by atoms with Gasteiger partial charge in [0.1, 0.15) is 0 Å². The van der Waals surface area contributed by atoms with Gasteiger partial charge in [-0.2, -0.15) is 5.10 Å². The van der Waals surface area contributed by atoms with E-state index in [1.165, 1.54) is 11.8 Å². The maximum Gasteiger partial charge on any atom is 0.250 e. The number of rotatable bonds is 5. The van der Waals surface area contributed by atoms with Crippen molar-refractivity contribution in [3.8, 4) is 0 Å². The number of hydrazone groups is 1. The molecule has 21 heavy (non-hydrogen) atoms. The Hall–Kier alpha value is -1.72. The van der Waals surface area contributed by atoms with E-state index in [1.54, 1.807) is 18.3 Å². The largest absolute Gasteiger partial charge is 0.362 e. The van der Waals surface area contributed by atoms with Gasteiger partial charge < -0.3 is 4.98 Å². The quantitative estimate of drug-likeness (QED) is 0.503. The standard InChI is InChI=1S/C15H16ClN3OS/c1-10-7-12(11(2)18-10)8-17-19-15(20)9-21-14-5-3-13(16)4-6-14/h3-8,18H,9H2,1-2H3,(H,19,20)/b17-8+. The molecule has 1 amide bonds. The molecule has 0 aliphatic rings. The van der Waals surface area contributed by atoms with E-state index in [0.29, 0.717) is 10.8 Å². The smallest absolute Gasteiger partial charge is 0.250 e. The molecule has 0 saturated carbocycles. The molecule has 0 spiro atoms. The van der Waals surface area contributed by atoms with Crippen LogP contribution in [0.4, 0.5) is 0 Å². The number of benzene rings is 1. The van der Waals surface area contributed by atoms with Crippen LogP contribution in [0.5, 0.6) is 0 Å². The minimum Gasteiger partial charge on any atom is -0.362 e. The number of hydrogen-bond donors (Lipinski definition) is 2. The molecule has 2 rings (SSSR count). The van der Waals surface area contributed by atoms with Gasteiger partial charge in [0.15, 0.2) is 0 Å². The Morgan fingerprint density at radius 2 is 2.10 bits per heavy atom. The van der Waals surface area contributed by atoms with Crippen LogP contribution in [0, 0.1) is 13.8 Å². The Bertz CT molecular complexity index is 649. The first-order valence-corrected chi connectivity index (χ1v) is 7.77. The first-order valence-electron chi connectivity index (χ1n) is 6.41. The predicted octanol–water partition coefficient (Wildman–Crippen LogP) is 3.53. The first-order chi connectivity index (χ1) is 10.0. The molecule has 0 aliphatic carbocycles. The van der Waals surface area contributed by atoms with Gasteiger partial charge in [0, 0.05) is 26.9 Å². The summed E-state index contributed by atoms with van der Waals surface area (Å²) >= 11 is 7.25. The van der Waals surface area contributed by atoms with Gasteiger partial charge in [-0.15, -0.1) is 11.8 Å². The van der Waals surface area contributed by atoms with E-state index in [0.717, 1.165) is 21.8 Å². The van der Waals surface area contributed by atoms with E-state index in [-0.39, 0.29) is 5.91 Å². The van der Waals surface area contributed by atoms with Crippen LogP contribution in [0.15, 0.2) is 40.3 Å². The van der Waals surface area contributed by atoms with Crippen molar-refractivity contribution in [2.75, 3.05) is 5.75 Å². The highest BCUT2D eigenvalue weighted by Gasteiger charge is 2.02. The summed E-state index contributed by atoms with van der Waals surface area (Å²) < 4.78 is 0. The van der Waals surface area contributed by atoms with Crippen LogP contribution in [-0.2, 0) is 4.79 Å². The molecule has 0 bridgehead atoms. The van der Waals surface area contributed by atoms with Crippen LogP contribution in [0.1, 0.15) is 17.0 Å². The Balaban J connectivity index is 1.79. The molecule has 2 aromatic rings. The van der Waals surface area contributed by atoms with Crippen molar-refractivity contribution in [3.63, 3.8) is 0 Å². The highest BCUT2D eigenvalue weighted by atomic mass is 35.5. The predicted molar refractivity (Wildman–Crippen MR) is 88.2 cm³/mol. The fourth-order valence-electron chi connectivity index (χ4n) is 1.77. The number of nitrogens with one attached hydrogen (secondary N) is 2. The summed E-state index contributed by atoms with van der Waals surface area (Å²) in [6, 6.07) is 9.35. The Kier molecular flexibility index (Phi) is 5.47. The molecule has 0 saturated heterocycles. The van der Waals surface area contributed by atoms with Crippen molar-refractivity contribution in [1.82, 2.24) is 10.4 Å². The number of aryl methyl sites for hydroxylation is 2. The summed E-state index contributed by atoms with van der Waals surface area (Å²) in [6.07, 6.45) is 1.64. The normalized spacial score (nSPS) is 11.0. The molecule has 1 aromatic carbocycles. The maximum atomic E-state index is 11.7. The lowest BCUT2D eigenvalue weighted by atomic mass is 10.3. The molecule has 1 aromatic heterocycles. The monoisotopic (exact) mass is 321 g/mol. The van der Waals surface area contributed by atoms with Crippen LogP contribution >= 0.6 is 23.4 Å². The average Bonchev–Trinajstić information content (AvgIpc) is 2.76. The maximum absolute atomic E-state index is 11.7. The third kappa shape index (κ3) is 4.95. The number of aromatic amines is 1. The average molecular weight is 322 g/mol. The third-order valence-electron chi connectivity index (χ3n) is 2.77. The zero-order valence-electron chi connectivity index (χ0n) is 11.8. The van der Waals surface area contributed by atoms with E-state index in [2.05, 4.69) is 15.5 Å². The summed E-state index contributed by atoms with van der Waals surface area (Å²) in [4.78, 5) is 15.9. The number of carbonyl (C=O) groups is 1. The van der Waals surface area contributed by atoms with Crippen molar-refractivity contribution < 1.29 is 4.79 Å². The van der Waals surface area contributed by atoms with Gasteiger partial charge in [0.2, 0.25) is 5.91 Å². The van der Waals surface area contributed by atoms with E-state index in [1.807, 2.05) is 32.0 Å². The van der Waals surface area contributed by atoms with Crippen LogP contribution < -0.4 is 5.43 Å². The van der Waals surface area contributed by atoms with E-state index >= 15 is 0 Å². The molecule has 2 N–H and O–H groups in total. The van der Waals surface area contributed by atoms with Crippen molar-refractivity contribution in [2.24, 2.45) is 5.10 Å². The highest BCUT2D eigenvalue weighted by molar-refractivity contribution is 8.00. The summed E-state index contributed by atoms with van der Waals surface area (Å²) in [5, 5.41) is 4.65. The number of H-pyrrole nitrogens is 1. The number of aromatic nitrogens is 1. The zero-order valence-corrected chi connectivity index (χ0v) is 13.4. The first kappa shape index (κ1) is 15.7. The van der Waals surface area contributed by atoms with Crippen molar-refractivity contribution >= 4 is 35.5 Å². The lowest BCUT2D eigenvalue weighted by Gasteiger charge is -2.01. The lowest BCUT2D eigenvalue weighted by molar-refractivity contribution is -0.118. The van der Waals surface area contributed by atoms with Crippen LogP contribution in [0.25, 0.3) is 0 Å². The molecule has 0 aliphatic heterocycles. The molecule has 0 unspecified atom stereocenters. The second-order valence-corrected chi connectivity index (χ2v) is 6.05. The minimum atomic E-state index is -0.142. The van der Waals surface area contributed by atoms with Gasteiger partial charge in [-0.3, -0.25) is 4.79 Å². The summed E-state index contributed by atoms with van der Waals surface area (Å²) in [7, 11) is 0. The molecular weight excluding hydrogens is 306 g/mol. The Morgan fingerprint density at radius 1 is 1.38 bits per heavy atom. The number of halogens is 1. The summed E-state index contributed by atoms with van der Waals surface area (Å²) in [5.41, 5.74) is 5.59. The Morgan fingerprint density at radius 3 is 2.71 bits per heavy atom. The van der Waals surface area contributed by atoms with E-state index < -0.39 is 0 Å². The fourth-order valence-corrected chi connectivity index (χ4v) is 2.58. The molecule has 1 heterocycles. The molecule has 0 atom stereocenters. The van der Waals surface area contributed by atoms with Crippen LogP contribution in [-0.4, -0.2) is 22.9 Å². The zero-order chi connectivity index (χ0) is 15.2. The number of carbonyl (C=O) groups excluding carboxylic acids is 1. The second kappa shape index (κ2) is 7.33. The molecule has 4 nitrogen and oxygen atoms in total. The molecule has 6 heteroatoms. The number of nitrogens with zero attached hydrogens (tertiary/aromatic N) is 1. The summed E-state index contributed by atoms with van der Waals surface area (Å²) in [5.74, 6) is 0.167. The van der Waals surface area contributed by atoms with Crippen LogP contribution in [0.3, 0.4) is 0 Å². The fraction of sp³-hybridized carbons (Fsp3) is 0.200. The Labute approximate surface area is 133 Å². The third-order valence-corrected chi connectivity index (χ3v) is 4.03. The number of thioether (sulfide) groups is 1.